The zero-order valence-electron chi connectivity index (χ0n) is 16.8. The first-order valence-electron chi connectivity index (χ1n) is 10.0. The van der Waals surface area contributed by atoms with Crippen LogP contribution in [0.5, 0.6) is 11.5 Å². The predicted molar refractivity (Wildman–Crippen MR) is 109 cm³/mol. The Labute approximate surface area is 177 Å². The quantitative estimate of drug-likeness (QED) is 0.675. The number of halogens is 1. The van der Waals surface area contributed by atoms with Gasteiger partial charge in [-0.2, -0.15) is 4.68 Å². The molecule has 0 bridgehead atoms. The van der Waals surface area contributed by atoms with Crippen LogP contribution in [0.3, 0.4) is 0 Å². The lowest BCUT2D eigenvalue weighted by atomic mass is 9.85. The van der Waals surface area contributed by atoms with Crippen LogP contribution < -0.4 is 14.8 Å². The molecule has 2 aromatic carbocycles. The van der Waals surface area contributed by atoms with E-state index in [1.54, 1.807) is 28.9 Å². The van der Waals surface area contributed by atoms with E-state index in [0.29, 0.717) is 35.0 Å². The van der Waals surface area contributed by atoms with Crippen LogP contribution in [0.1, 0.15) is 36.4 Å². The molecule has 9 heteroatoms. The number of tetrazole rings is 1. The molecule has 0 radical (unpaired) electrons. The number of allylic oxidation sites excluding steroid dienone is 2. The second kappa shape index (κ2) is 7.82. The van der Waals surface area contributed by atoms with E-state index in [1.165, 1.54) is 13.2 Å². The Kier molecular flexibility index (Phi) is 4.85. The maximum Gasteiger partial charge on any atom is 0.248 e. The van der Waals surface area contributed by atoms with Crippen LogP contribution in [0, 0.1) is 5.82 Å². The van der Waals surface area contributed by atoms with E-state index in [0.717, 1.165) is 24.1 Å². The molecule has 0 spiro atoms. The summed E-state index contributed by atoms with van der Waals surface area (Å²) in [4.78, 5) is 12.8. The van der Waals surface area contributed by atoms with Crippen molar-refractivity contribution in [1.29, 1.82) is 0 Å². The molecule has 2 aliphatic rings. The largest absolute Gasteiger partial charge is 0.493 e. The van der Waals surface area contributed by atoms with Crippen molar-refractivity contribution in [2.45, 2.75) is 31.9 Å². The minimum Gasteiger partial charge on any atom is -0.493 e. The number of ketones is 1. The molecule has 0 saturated carbocycles. The summed E-state index contributed by atoms with van der Waals surface area (Å²) in [5.41, 5.74) is 2.79. The number of Topliss-reactive ketones (excluding diaryl/α,β-unsaturated/α-hetero) is 1. The average Bonchev–Trinajstić information content (AvgIpc) is 3.25. The minimum absolute atomic E-state index is 0.0701. The number of carbonyl (C=O) groups excluding carboxylic acids is 1. The van der Waals surface area contributed by atoms with E-state index in [2.05, 4.69) is 20.8 Å². The standard InChI is InChI=1S/C22H20FN5O3/c1-30-19-11-13(9-10-18(19)31-12-14-5-2-3-6-15(14)23)21-20-16(7-4-8-17(20)29)24-22-25-26-27-28(21)22/h2-3,5-6,9-11,21H,4,7-8,12H2,1H3,(H,24,25,27). The van der Waals surface area contributed by atoms with Gasteiger partial charge >= 0.3 is 0 Å². The van der Waals surface area contributed by atoms with Crippen molar-refractivity contribution in [3.63, 3.8) is 0 Å². The Morgan fingerprint density at radius 2 is 2.06 bits per heavy atom. The fraction of sp³-hybridized carbons (Fsp3) is 0.273. The molecule has 1 N–H and O–H groups in total. The normalized spacial score (nSPS) is 17.6. The van der Waals surface area contributed by atoms with Gasteiger partial charge in [0.25, 0.3) is 0 Å². The summed E-state index contributed by atoms with van der Waals surface area (Å²) in [6.07, 6.45) is 2.06. The van der Waals surface area contributed by atoms with Gasteiger partial charge in [-0.25, -0.2) is 4.39 Å². The number of benzene rings is 2. The van der Waals surface area contributed by atoms with Crippen molar-refractivity contribution in [2.75, 3.05) is 12.4 Å². The molecule has 31 heavy (non-hydrogen) atoms. The molecule has 3 aromatic rings. The molecule has 0 amide bonds. The molecule has 1 aliphatic carbocycles. The number of carbonyl (C=O) groups is 1. The molecular formula is C22H20FN5O3. The first-order chi connectivity index (χ1) is 15.2. The van der Waals surface area contributed by atoms with Gasteiger partial charge < -0.3 is 14.8 Å². The summed E-state index contributed by atoms with van der Waals surface area (Å²) < 4.78 is 26.9. The third kappa shape index (κ3) is 3.41. The second-order valence-corrected chi connectivity index (χ2v) is 7.43. The molecule has 1 aliphatic heterocycles. The molecule has 0 saturated heterocycles. The molecule has 2 heterocycles. The highest BCUT2D eigenvalue weighted by Gasteiger charge is 2.36. The molecule has 5 rings (SSSR count). The van der Waals surface area contributed by atoms with Crippen LogP contribution in [-0.2, 0) is 11.4 Å². The fourth-order valence-corrected chi connectivity index (χ4v) is 4.07. The van der Waals surface area contributed by atoms with E-state index in [4.69, 9.17) is 9.47 Å². The lowest BCUT2D eigenvalue weighted by Gasteiger charge is -2.31. The van der Waals surface area contributed by atoms with Crippen molar-refractivity contribution < 1.29 is 18.7 Å². The van der Waals surface area contributed by atoms with Gasteiger partial charge in [0.05, 0.1) is 7.11 Å². The smallest absolute Gasteiger partial charge is 0.248 e. The van der Waals surface area contributed by atoms with Gasteiger partial charge in [0, 0.05) is 23.3 Å². The van der Waals surface area contributed by atoms with Gasteiger partial charge in [-0.3, -0.25) is 4.79 Å². The van der Waals surface area contributed by atoms with Crippen molar-refractivity contribution >= 4 is 11.7 Å². The van der Waals surface area contributed by atoms with Crippen LogP contribution in [0.15, 0.2) is 53.7 Å². The molecule has 1 aromatic heterocycles. The van der Waals surface area contributed by atoms with E-state index in [-0.39, 0.29) is 18.2 Å². The van der Waals surface area contributed by atoms with Gasteiger partial charge in [-0.1, -0.05) is 29.4 Å². The number of hydrogen-bond acceptors (Lipinski definition) is 7. The lowest BCUT2D eigenvalue weighted by molar-refractivity contribution is -0.116. The second-order valence-electron chi connectivity index (χ2n) is 7.43. The number of nitrogens with one attached hydrogen (secondary N) is 1. The fourth-order valence-electron chi connectivity index (χ4n) is 4.07. The van der Waals surface area contributed by atoms with Gasteiger partial charge in [-0.15, -0.1) is 0 Å². The maximum atomic E-state index is 13.9. The first-order valence-corrected chi connectivity index (χ1v) is 10.0. The number of rotatable bonds is 5. The van der Waals surface area contributed by atoms with Crippen molar-refractivity contribution in [3.05, 3.63) is 70.7 Å². The Balaban J connectivity index is 1.50. The maximum absolute atomic E-state index is 13.9. The van der Waals surface area contributed by atoms with E-state index in [9.17, 15) is 9.18 Å². The minimum atomic E-state index is -0.455. The first kappa shape index (κ1) is 19.2. The van der Waals surface area contributed by atoms with E-state index >= 15 is 0 Å². The third-order valence-corrected chi connectivity index (χ3v) is 5.57. The number of ether oxygens (including phenoxy) is 2. The average molecular weight is 421 g/mol. The molecule has 1 atom stereocenters. The number of fused-ring (bicyclic) bond motifs is 1. The van der Waals surface area contributed by atoms with Gasteiger partial charge in [0.1, 0.15) is 18.5 Å². The molecule has 158 valence electrons. The van der Waals surface area contributed by atoms with E-state index in [1.807, 2.05) is 12.1 Å². The number of methoxy groups -OCH3 is 1. The molecular weight excluding hydrogens is 401 g/mol. The van der Waals surface area contributed by atoms with Gasteiger partial charge in [0.15, 0.2) is 17.3 Å². The van der Waals surface area contributed by atoms with Crippen LogP contribution in [0.25, 0.3) is 0 Å². The highest BCUT2D eigenvalue weighted by molar-refractivity contribution is 5.99. The molecule has 8 nitrogen and oxygen atoms in total. The Morgan fingerprint density at radius 1 is 1.19 bits per heavy atom. The van der Waals surface area contributed by atoms with Crippen molar-refractivity contribution in [1.82, 2.24) is 20.2 Å². The van der Waals surface area contributed by atoms with Gasteiger partial charge in [-0.05, 0) is 47.0 Å². The number of anilines is 1. The number of hydrogen-bond donors (Lipinski definition) is 1. The summed E-state index contributed by atoms with van der Waals surface area (Å²) in [6, 6.07) is 11.4. The Morgan fingerprint density at radius 3 is 2.90 bits per heavy atom. The van der Waals surface area contributed by atoms with Gasteiger partial charge in [0.2, 0.25) is 5.95 Å². The zero-order valence-corrected chi connectivity index (χ0v) is 16.8. The third-order valence-electron chi connectivity index (χ3n) is 5.57. The topological polar surface area (TPSA) is 91.2 Å². The molecule has 1 unspecified atom stereocenters. The summed E-state index contributed by atoms with van der Waals surface area (Å²) in [7, 11) is 1.54. The van der Waals surface area contributed by atoms with Crippen molar-refractivity contribution in [2.24, 2.45) is 0 Å². The van der Waals surface area contributed by atoms with Crippen LogP contribution >= 0.6 is 0 Å². The highest BCUT2D eigenvalue weighted by atomic mass is 19.1. The van der Waals surface area contributed by atoms with Crippen LogP contribution in [0.2, 0.25) is 0 Å². The number of aromatic nitrogens is 4. The monoisotopic (exact) mass is 421 g/mol. The van der Waals surface area contributed by atoms with E-state index < -0.39 is 6.04 Å². The predicted octanol–water partition coefficient (Wildman–Crippen LogP) is 3.42. The Hall–Kier alpha value is -3.75. The van der Waals surface area contributed by atoms with Crippen LogP contribution in [0.4, 0.5) is 10.3 Å². The summed E-state index contributed by atoms with van der Waals surface area (Å²) >= 11 is 0. The van der Waals surface area contributed by atoms with Crippen molar-refractivity contribution in [3.8, 4) is 11.5 Å². The Bertz CT molecular complexity index is 1190. The lowest BCUT2D eigenvalue weighted by Crippen LogP contribution is -2.31. The van der Waals surface area contributed by atoms with Crippen LogP contribution in [-0.4, -0.2) is 33.1 Å². The number of nitrogens with zero attached hydrogens (tertiary/aromatic N) is 4. The summed E-state index contributed by atoms with van der Waals surface area (Å²) in [5, 5.41) is 15.1. The molecule has 0 fully saturated rings. The summed E-state index contributed by atoms with van der Waals surface area (Å²) in [5.74, 6) is 1.21. The summed E-state index contributed by atoms with van der Waals surface area (Å²) in [6.45, 7) is 0.0701. The SMILES string of the molecule is COc1cc(C2C3=C(CCCC3=O)Nc3nnnn32)ccc1OCc1ccccc1F. The zero-order chi connectivity index (χ0) is 21.4. The highest BCUT2D eigenvalue weighted by Crippen LogP contribution is 2.41.